The van der Waals surface area contributed by atoms with Gasteiger partial charge in [-0.2, -0.15) is 0 Å². The van der Waals surface area contributed by atoms with Gasteiger partial charge in [0.05, 0.1) is 11.8 Å². The zero-order valence-corrected chi connectivity index (χ0v) is 9.97. The summed E-state index contributed by atoms with van der Waals surface area (Å²) in [5.74, 6) is -3.22. The average molecular weight is 242 g/mol. The Balaban J connectivity index is 2.59. The maximum atomic E-state index is 11.8. The van der Waals surface area contributed by atoms with Gasteiger partial charge in [-0.3, -0.25) is 14.4 Å². The first kappa shape index (κ1) is 13.5. The molecule has 1 aliphatic rings. The van der Waals surface area contributed by atoms with Crippen molar-refractivity contribution in [2.75, 3.05) is 0 Å². The van der Waals surface area contributed by atoms with Crippen molar-refractivity contribution >= 4 is 17.8 Å². The fourth-order valence-electron chi connectivity index (χ4n) is 1.94. The summed E-state index contributed by atoms with van der Waals surface area (Å²) in [5.41, 5.74) is 5.17. The second-order valence-corrected chi connectivity index (χ2v) is 4.76. The van der Waals surface area contributed by atoms with Gasteiger partial charge in [-0.05, 0) is 18.8 Å². The fraction of sp³-hybridized carbons (Fsp3) is 0.727. The molecule has 2 amide bonds. The molecule has 0 heterocycles. The van der Waals surface area contributed by atoms with Crippen molar-refractivity contribution in [3.63, 3.8) is 0 Å². The minimum absolute atomic E-state index is 0.111. The van der Waals surface area contributed by atoms with Crippen LogP contribution < -0.4 is 11.1 Å². The molecule has 0 saturated heterocycles. The molecule has 6 nitrogen and oxygen atoms in total. The van der Waals surface area contributed by atoms with Crippen molar-refractivity contribution in [2.24, 2.45) is 23.5 Å². The molecular formula is C11H18N2O4. The molecule has 0 radical (unpaired) electrons. The van der Waals surface area contributed by atoms with E-state index in [1.165, 1.54) is 0 Å². The molecule has 1 aliphatic carbocycles. The quantitative estimate of drug-likeness (QED) is 0.616. The Hall–Kier alpha value is -1.59. The van der Waals surface area contributed by atoms with Gasteiger partial charge >= 0.3 is 5.97 Å². The lowest BCUT2D eigenvalue weighted by Crippen LogP contribution is -2.53. The molecule has 0 bridgehead atoms. The largest absolute Gasteiger partial charge is 0.481 e. The van der Waals surface area contributed by atoms with Gasteiger partial charge in [0.1, 0.15) is 6.04 Å². The van der Waals surface area contributed by atoms with Gasteiger partial charge in [-0.1, -0.05) is 13.8 Å². The monoisotopic (exact) mass is 242 g/mol. The van der Waals surface area contributed by atoms with Crippen molar-refractivity contribution in [3.05, 3.63) is 0 Å². The van der Waals surface area contributed by atoms with Crippen LogP contribution in [0.2, 0.25) is 0 Å². The molecule has 96 valence electrons. The third kappa shape index (κ3) is 2.95. The number of carboxylic acid groups (broad SMARTS) is 1. The standard InChI is InChI=1S/C11H18N2O4/c1-5(2)8(9(12)14)13-10(15)6-3-4-7(6)11(16)17/h5-8H,3-4H2,1-2H3,(H2,12,14)(H,13,15)(H,16,17). The zero-order valence-electron chi connectivity index (χ0n) is 9.97. The van der Waals surface area contributed by atoms with E-state index in [2.05, 4.69) is 5.32 Å². The topological polar surface area (TPSA) is 109 Å². The van der Waals surface area contributed by atoms with Crippen LogP contribution in [0.5, 0.6) is 0 Å². The third-order valence-electron chi connectivity index (χ3n) is 3.20. The van der Waals surface area contributed by atoms with Crippen LogP contribution in [0.4, 0.5) is 0 Å². The van der Waals surface area contributed by atoms with Crippen molar-refractivity contribution in [1.29, 1.82) is 0 Å². The van der Waals surface area contributed by atoms with Crippen LogP contribution in [0, 0.1) is 17.8 Å². The summed E-state index contributed by atoms with van der Waals surface area (Å²) in [6.45, 7) is 3.54. The number of carbonyl (C=O) groups excluding carboxylic acids is 2. The van der Waals surface area contributed by atoms with E-state index in [9.17, 15) is 14.4 Å². The molecule has 0 aliphatic heterocycles. The minimum atomic E-state index is -0.962. The molecule has 4 N–H and O–H groups in total. The van der Waals surface area contributed by atoms with Gasteiger partial charge in [0, 0.05) is 0 Å². The summed E-state index contributed by atoms with van der Waals surface area (Å²) in [6.07, 6.45) is 1.06. The molecule has 1 rings (SSSR count). The molecule has 0 spiro atoms. The number of primary amides is 1. The maximum absolute atomic E-state index is 11.8. The Kier molecular flexibility index (Phi) is 4.09. The number of hydrogen-bond donors (Lipinski definition) is 3. The number of aliphatic carboxylic acids is 1. The molecule has 3 unspecified atom stereocenters. The van der Waals surface area contributed by atoms with Crippen LogP contribution in [0.3, 0.4) is 0 Å². The van der Waals surface area contributed by atoms with Gasteiger partial charge in [-0.25, -0.2) is 0 Å². The molecule has 17 heavy (non-hydrogen) atoms. The van der Waals surface area contributed by atoms with Crippen LogP contribution in [0.25, 0.3) is 0 Å². The lowest BCUT2D eigenvalue weighted by Gasteiger charge is -2.33. The number of nitrogens with two attached hydrogens (primary N) is 1. The lowest BCUT2D eigenvalue weighted by molar-refractivity contribution is -0.153. The van der Waals surface area contributed by atoms with Crippen molar-refractivity contribution in [2.45, 2.75) is 32.7 Å². The minimum Gasteiger partial charge on any atom is -0.481 e. The van der Waals surface area contributed by atoms with Crippen LogP contribution in [-0.4, -0.2) is 28.9 Å². The lowest BCUT2D eigenvalue weighted by atomic mass is 9.73. The second kappa shape index (κ2) is 5.16. The predicted octanol–water partition coefficient (Wildman–Crippen LogP) is -0.277. The number of nitrogens with one attached hydrogen (secondary N) is 1. The van der Waals surface area contributed by atoms with Gasteiger partial charge in [0.25, 0.3) is 0 Å². The number of amides is 2. The van der Waals surface area contributed by atoms with Crippen molar-refractivity contribution in [3.8, 4) is 0 Å². The summed E-state index contributed by atoms with van der Waals surface area (Å²) in [4.78, 5) is 33.7. The highest BCUT2D eigenvalue weighted by molar-refractivity contribution is 5.90. The summed E-state index contributed by atoms with van der Waals surface area (Å²) in [7, 11) is 0. The first-order valence-corrected chi connectivity index (χ1v) is 5.67. The van der Waals surface area contributed by atoms with Crippen molar-refractivity contribution in [1.82, 2.24) is 5.32 Å². The highest BCUT2D eigenvalue weighted by Crippen LogP contribution is 2.34. The van der Waals surface area contributed by atoms with E-state index in [4.69, 9.17) is 10.8 Å². The zero-order chi connectivity index (χ0) is 13.2. The Morgan fingerprint density at radius 1 is 1.24 bits per heavy atom. The van der Waals surface area contributed by atoms with Gasteiger partial charge in [0.2, 0.25) is 11.8 Å². The van der Waals surface area contributed by atoms with E-state index in [0.29, 0.717) is 12.8 Å². The van der Waals surface area contributed by atoms with Crippen molar-refractivity contribution < 1.29 is 19.5 Å². The Bertz CT molecular complexity index is 340. The summed E-state index contributed by atoms with van der Waals surface area (Å²) < 4.78 is 0. The van der Waals surface area contributed by atoms with E-state index < -0.39 is 29.8 Å². The van der Waals surface area contributed by atoms with Gasteiger partial charge in [0.15, 0.2) is 0 Å². The van der Waals surface area contributed by atoms with E-state index >= 15 is 0 Å². The Morgan fingerprint density at radius 3 is 2.06 bits per heavy atom. The number of carbonyl (C=O) groups is 3. The van der Waals surface area contributed by atoms with Crippen LogP contribution in [0.1, 0.15) is 26.7 Å². The first-order chi connectivity index (χ1) is 7.84. The highest BCUT2D eigenvalue weighted by atomic mass is 16.4. The molecule has 0 aromatic heterocycles. The Morgan fingerprint density at radius 2 is 1.76 bits per heavy atom. The highest BCUT2D eigenvalue weighted by Gasteiger charge is 2.42. The molecule has 1 fully saturated rings. The fourth-order valence-corrected chi connectivity index (χ4v) is 1.94. The SMILES string of the molecule is CC(C)C(NC(=O)C1CCC1C(=O)O)C(N)=O. The molecular weight excluding hydrogens is 224 g/mol. The van der Waals surface area contributed by atoms with Crippen LogP contribution in [0.15, 0.2) is 0 Å². The summed E-state index contributed by atoms with van der Waals surface area (Å²) in [6, 6.07) is -0.738. The van der Waals surface area contributed by atoms with E-state index in [1.807, 2.05) is 0 Å². The first-order valence-electron chi connectivity index (χ1n) is 5.67. The number of rotatable bonds is 5. The van der Waals surface area contributed by atoms with E-state index in [-0.39, 0.29) is 11.8 Å². The molecule has 1 saturated carbocycles. The van der Waals surface area contributed by atoms with E-state index in [1.54, 1.807) is 13.8 Å². The normalized spacial score (nSPS) is 24.9. The second-order valence-electron chi connectivity index (χ2n) is 4.76. The molecule has 3 atom stereocenters. The van der Waals surface area contributed by atoms with Crippen LogP contribution in [-0.2, 0) is 14.4 Å². The van der Waals surface area contributed by atoms with Gasteiger partial charge < -0.3 is 16.2 Å². The molecule has 0 aromatic carbocycles. The summed E-state index contributed by atoms with van der Waals surface area (Å²) >= 11 is 0. The number of hydrogen-bond acceptors (Lipinski definition) is 3. The Labute approximate surface area is 99.6 Å². The maximum Gasteiger partial charge on any atom is 0.307 e. The predicted molar refractivity (Wildman–Crippen MR) is 59.8 cm³/mol. The average Bonchev–Trinajstić information content (AvgIpc) is 2.09. The van der Waals surface area contributed by atoms with Gasteiger partial charge in [-0.15, -0.1) is 0 Å². The molecule has 0 aromatic rings. The molecule has 6 heteroatoms. The smallest absolute Gasteiger partial charge is 0.307 e. The van der Waals surface area contributed by atoms with Crippen LogP contribution >= 0.6 is 0 Å². The summed E-state index contributed by atoms with van der Waals surface area (Å²) in [5, 5.41) is 11.4. The third-order valence-corrected chi connectivity index (χ3v) is 3.20. The number of carboxylic acids is 1. The van der Waals surface area contributed by atoms with E-state index in [0.717, 1.165) is 0 Å².